The summed E-state index contributed by atoms with van der Waals surface area (Å²) in [6.07, 6.45) is 0. The summed E-state index contributed by atoms with van der Waals surface area (Å²) in [5, 5.41) is 19.4. The molecule has 4 nitrogen and oxygen atoms in total. The van der Waals surface area contributed by atoms with Gasteiger partial charge in [0.2, 0.25) is 0 Å². The van der Waals surface area contributed by atoms with E-state index in [2.05, 4.69) is 0 Å². The zero-order chi connectivity index (χ0) is 17.4. The molecule has 0 aliphatic rings. The first-order chi connectivity index (χ1) is 11.7. The highest BCUT2D eigenvalue weighted by Crippen LogP contribution is 2.31. The van der Waals surface area contributed by atoms with Crippen molar-refractivity contribution in [1.29, 1.82) is 10.5 Å². The van der Waals surface area contributed by atoms with Gasteiger partial charge < -0.3 is 11.5 Å². The minimum atomic E-state index is 0.0901. The third-order valence-electron chi connectivity index (χ3n) is 2.91. The molecule has 0 aliphatic heterocycles. The first-order valence-electron chi connectivity index (χ1n) is 6.91. The summed E-state index contributed by atoms with van der Waals surface area (Å²) in [5.74, 6) is 0. The van der Waals surface area contributed by atoms with Crippen molar-refractivity contribution in [2.24, 2.45) is 11.5 Å². The van der Waals surface area contributed by atoms with Gasteiger partial charge in [-0.15, -0.1) is 0 Å². The lowest BCUT2D eigenvalue weighted by atomic mass is 10.1. The van der Waals surface area contributed by atoms with Gasteiger partial charge in [0.15, 0.2) is 0 Å². The molecule has 0 bridgehead atoms. The molecular weight excluding hydrogens is 336 g/mol. The molecule has 24 heavy (non-hydrogen) atoms. The Bertz CT molecular complexity index is 771. The van der Waals surface area contributed by atoms with Crippen LogP contribution < -0.4 is 11.5 Å². The number of hydrogen-bond donors (Lipinski definition) is 2. The van der Waals surface area contributed by atoms with Crippen LogP contribution >= 0.6 is 23.5 Å². The van der Waals surface area contributed by atoms with Crippen LogP contribution in [0.1, 0.15) is 0 Å². The number of nitrogens with zero attached hydrogens (tertiary/aromatic N) is 2. The summed E-state index contributed by atoms with van der Waals surface area (Å²) < 4.78 is 0. The minimum Gasteiger partial charge on any atom is -0.392 e. The molecule has 0 atom stereocenters. The summed E-state index contributed by atoms with van der Waals surface area (Å²) in [5.41, 5.74) is 12.3. The van der Waals surface area contributed by atoms with Crippen LogP contribution in [-0.2, 0) is 0 Å². The normalized spacial score (nSPS) is 12.4. The van der Waals surface area contributed by atoms with Gasteiger partial charge in [-0.3, -0.25) is 0 Å². The maximum Gasteiger partial charge on any atom is 0.103 e. The van der Waals surface area contributed by atoms with Crippen molar-refractivity contribution in [3.05, 3.63) is 81.9 Å². The number of hydrogen-bond acceptors (Lipinski definition) is 6. The Morgan fingerprint density at radius 3 is 1.29 bits per heavy atom. The number of benzene rings is 2. The maximum atomic E-state index is 9.44. The zero-order valence-electron chi connectivity index (χ0n) is 12.6. The van der Waals surface area contributed by atoms with Crippen LogP contribution in [0.2, 0.25) is 0 Å². The number of rotatable bonds is 5. The summed E-state index contributed by atoms with van der Waals surface area (Å²) in [6.45, 7) is 0. The fraction of sp³-hybridized carbons (Fsp3) is 0. The third kappa shape index (κ3) is 4.60. The average molecular weight is 350 g/mol. The first kappa shape index (κ1) is 17.6. The fourth-order valence-corrected chi connectivity index (χ4v) is 3.40. The zero-order valence-corrected chi connectivity index (χ0v) is 14.3. The van der Waals surface area contributed by atoms with E-state index in [0.717, 1.165) is 9.79 Å². The van der Waals surface area contributed by atoms with E-state index < -0.39 is 0 Å². The molecule has 2 aromatic rings. The molecule has 0 amide bonds. The van der Waals surface area contributed by atoms with E-state index >= 15 is 0 Å². The van der Waals surface area contributed by atoms with Crippen LogP contribution in [0, 0.1) is 22.7 Å². The van der Waals surface area contributed by atoms with Crippen molar-refractivity contribution in [2.45, 2.75) is 9.79 Å². The van der Waals surface area contributed by atoms with Gasteiger partial charge in [0.05, 0.1) is 10.1 Å². The lowest BCUT2D eigenvalue weighted by molar-refractivity contribution is 1.34. The molecule has 6 heteroatoms. The number of nitrogens with two attached hydrogens (primary N) is 2. The van der Waals surface area contributed by atoms with Gasteiger partial charge in [-0.2, -0.15) is 10.5 Å². The summed E-state index contributed by atoms with van der Waals surface area (Å²) in [6, 6.07) is 22.8. The smallest absolute Gasteiger partial charge is 0.103 e. The lowest BCUT2D eigenvalue weighted by Gasteiger charge is -2.08. The Labute approximate surface area is 149 Å². The van der Waals surface area contributed by atoms with Crippen molar-refractivity contribution in [1.82, 2.24) is 0 Å². The largest absolute Gasteiger partial charge is 0.392 e. The van der Waals surface area contributed by atoms with Crippen LogP contribution in [0.3, 0.4) is 0 Å². The molecule has 2 aromatic carbocycles. The maximum absolute atomic E-state index is 9.44. The van der Waals surface area contributed by atoms with Crippen LogP contribution in [0.4, 0.5) is 0 Å². The van der Waals surface area contributed by atoms with Gasteiger partial charge in [0.25, 0.3) is 0 Å². The van der Waals surface area contributed by atoms with Gasteiger partial charge in [0, 0.05) is 9.79 Å². The minimum absolute atomic E-state index is 0.0901. The monoisotopic (exact) mass is 350 g/mol. The highest BCUT2D eigenvalue weighted by molar-refractivity contribution is 8.03. The summed E-state index contributed by atoms with van der Waals surface area (Å²) in [7, 11) is 0. The Kier molecular flexibility index (Phi) is 6.39. The molecule has 0 radical (unpaired) electrons. The van der Waals surface area contributed by atoms with E-state index in [-0.39, 0.29) is 21.2 Å². The quantitative estimate of drug-likeness (QED) is 0.481. The number of thioether (sulfide) groups is 2. The Hall–Kier alpha value is -2.80. The van der Waals surface area contributed by atoms with E-state index in [1.165, 1.54) is 23.5 Å². The molecule has 0 saturated carbocycles. The highest BCUT2D eigenvalue weighted by atomic mass is 32.2. The molecular formula is C18H14N4S2. The molecule has 2 rings (SSSR count). The summed E-state index contributed by atoms with van der Waals surface area (Å²) in [4.78, 5) is 1.77. The van der Waals surface area contributed by atoms with Crippen molar-refractivity contribution in [3.8, 4) is 12.1 Å². The van der Waals surface area contributed by atoms with Crippen molar-refractivity contribution in [3.63, 3.8) is 0 Å². The van der Waals surface area contributed by atoms with E-state index in [4.69, 9.17) is 11.5 Å². The standard InChI is InChI=1S/C18H14N4S2/c19-11-15(17(21)23-13-7-3-1-4-8-13)16(12-20)18(22)24-14-9-5-2-6-10-14/h1-10H,21-22H2. The molecule has 0 aromatic heterocycles. The van der Waals surface area contributed by atoms with Crippen molar-refractivity contribution >= 4 is 23.5 Å². The van der Waals surface area contributed by atoms with Gasteiger partial charge in [0.1, 0.15) is 23.3 Å². The highest BCUT2D eigenvalue weighted by Gasteiger charge is 2.15. The molecule has 4 N–H and O–H groups in total. The summed E-state index contributed by atoms with van der Waals surface area (Å²) >= 11 is 2.46. The number of allylic oxidation sites excluding steroid dienone is 2. The van der Waals surface area contributed by atoms with Gasteiger partial charge in [-0.25, -0.2) is 0 Å². The van der Waals surface area contributed by atoms with Crippen LogP contribution in [0.5, 0.6) is 0 Å². The van der Waals surface area contributed by atoms with E-state index in [0.29, 0.717) is 0 Å². The molecule has 0 saturated heterocycles. The first-order valence-corrected chi connectivity index (χ1v) is 8.55. The van der Waals surface area contributed by atoms with Crippen LogP contribution in [-0.4, -0.2) is 0 Å². The second kappa shape index (κ2) is 8.73. The fourth-order valence-electron chi connectivity index (χ4n) is 1.80. The molecule has 0 aliphatic carbocycles. The van der Waals surface area contributed by atoms with E-state index in [9.17, 15) is 10.5 Å². The lowest BCUT2D eigenvalue weighted by Crippen LogP contribution is -2.05. The van der Waals surface area contributed by atoms with Gasteiger partial charge in [-0.1, -0.05) is 59.9 Å². The van der Waals surface area contributed by atoms with Crippen molar-refractivity contribution < 1.29 is 0 Å². The van der Waals surface area contributed by atoms with Crippen molar-refractivity contribution in [2.75, 3.05) is 0 Å². The molecule has 0 heterocycles. The van der Waals surface area contributed by atoms with Gasteiger partial charge >= 0.3 is 0 Å². The second-order valence-electron chi connectivity index (χ2n) is 4.53. The van der Waals surface area contributed by atoms with Gasteiger partial charge in [-0.05, 0) is 24.3 Å². The SMILES string of the molecule is N#CC(=C(N)Sc1ccccc1)C(C#N)=C(N)Sc1ccccc1. The Morgan fingerprint density at radius 1 is 0.667 bits per heavy atom. The Balaban J connectivity index is 2.35. The number of nitriles is 2. The third-order valence-corrected chi connectivity index (χ3v) is 4.77. The molecule has 118 valence electrons. The molecule has 0 spiro atoms. The average Bonchev–Trinajstić information content (AvgIpc) is 2.61. The Morgan fingerprint density at radius 2 is 1.00 bits per heavy atom. The van der Waals surface area contributed by atoms with Crippen LogP contribution in [0.25, 0.3) is 0 Å². The predicted molar refractivity (Wildman–Crippen MR) is 98.3 cm³/mol. The molecule has 0 fully saturated rings. The predicted octanol–water partition coefficient (Wildman–Crippen LogP) is 3.96. The van der Waals surface area contributed by atoms with Crippen LogP contribution in [0.15, 0.2) is 91.7 Å². The van der Waals surface area contributed by atoms with E-state index in [1.807, 2.05) is 72.8 Å². The second-order valence-corrected chi connectivity index (χ2v) is 6.76. The molecule has 0 unspecified atom stereocenters. The van der Waals surface area contributed by atoms with E-state index in [1.54, 1.807) is 0 Å². The topological polar surface area (TPSA) is 99.6 Å².